The van der Waals surface area contributed by atoms with Gasteiger partial charge in [-0.25, -0.2) is 4.99 Å². The smallest absolute Gasteiger partial charge is 0.179 e. The molecular weight excluding hydrogens is 276 g/mol. The standard InChI is InChI=1S/C11H11ClN2OS2/c1-2-7-15-9-5-3-8(4-6-9)13-11-10(12)14-17-16-11/h3-6H,2,7H2,1H3. The maximum atomic E-state index is 5.88. The lowest BCUT2D eigenvalue weighted by Crippen LogP contribution is -1.95. The van der Waals surface area contributed by atoms with Gasteiger partial charge in [-0.1, -0.05) is 18.5 Å². The van der Waals surface area contributed by atoms with Gasteiger partial charge < -0.3 is 4.74 Å². The van der Waals surface area contributed by atoms with E-state index in [1.54, 1.807) is 0 Å². The van der Waals surface area contributed by atoms with Gasteiger partial charge in [0.25, 0.3) is 0 Å². The van der Waals surface area contributed by atoms with E-state index in [0.29, 0.717) is 5.15 Å². The molecule has 2 rings (SSSR count). The molecule has 0 aliphatic rings. The van der Waals surface area contributed by atoms with Gasteiger partial charge in [-0.05, 0) is 41.0 Å². The molecule has 0 atom stereocenters. The summed E-state index contributed by atoms with van der Waals surface area (Å²) in [6, 6.07) is 7.64. The van der Waals surface area contributed by atoms with Crippen LogP contribution in [0.3, 0.4) is 0 Å². The Bertz CT molecular complexity index is 533. The molecule has 2 aromatic rings. The van der Waals surface area contributed by atoms with Gasteiger partial charge >= 0.3 is 0 Å². The summed E-state index contributed by atoms with van der Waals surface area (Å²) in [6.45, 7) is 2.81. The van der Waals surface area contributed by atoms with E-state index >= 15 is 0 Å². The van der Waals surface area contributed by atoms with E-state index < -0.39 is 0 Å². The Balaban J connectivity index is 2.16. The van der Waals surface area contributed by atoms with Crippen LogP contribution in [0.1, 0.15) is 13.3 Å². The molecule has 3 nitrogen and oxygen atoms in total. The molecule has 0 saturated carbocycles. The van der Waals surface area contributed by atoms with Gasteiger partial charge in [-0.2, -0.15) is 4.37 Å². The maximum Gasteiger partial charge on any atom is 0.179 e. The van der Waals surface area contributed by atoms with Crippen molar-refractivity contribution in [2.24, 2.45) is 4.99 Å². The first-order chi connectivity index (χ1) is 8.29. The molecule has 1 aromatic heterocycles. The van der Waals surface area contributed by atoms with E-state index in [4.69, 9.17) is 16.3 Å². The second-order valence-corrected chi connectivity index (χ2v) is 5.49. The minimum Gasteiger partial charge on any atom is -0.494 e. The van der Waals surface area contributed by atoms with E-state index in [-0.39, 0.29) is 0 Å². The monoisotopic (exact) mass is 286 g/mol. The van der Waals surface area contributed by atoms with Crippen molar-refractivity contribution in [3.63, 3.8) is 0 Å². The van der Waals surface area contributed by atoms with Crippen molar-refractivity contribution in [3.8, 4) is 5.75 Å². The lowest BCUT2D eigenvalue weighted by atomic mass is 10.3. The van der Waals surface area contributed by atoms with Crippen LogP contribution in [0.15, 0.2) is 29.3 Å². The zero-order chi connectivity index (χ0) is 12.1. The van der Waals surface area contributed by atoms with E-state index in [1.165, 1.54) is 20.9 Å². The molecule has 1 aromatic carbocycles. The van der Waals surface area contributed by atoms with Crippen LogP contribution in [-0.4, -0.2) is 11.0 Å². The minimum absolute atomic E-state index is 0.464. The first-order valence-electron chi connectivity index (χ1n) is 5.18. The second-order valence-electron chi connectivity index (χ2n) is 3.30. The Morgan fingerprint density at radius 2 is 2.12 bits per heavy atom. The molecule has 1 heterocycles. The highest BCUT2D eigenvalue weighted by Gasteiger charge is 1.98. The molecule has 0 N–H and O–H groups in total. The average molecular weight is 287 g/mol. The quantitative estimate of drug-likeness (QED) is 0.800. The van der Waals surface area contributed by atoms with Gasteiger partial charge in [0.15, 0.2) is 9.82 Å². The van der Waals surface area contributed by atoms with Crippen molar-refractivity contribution in [1.29, 1.82) is 0 Å². The van der Waals surface area contributed by atoms with Gasteiger partial charge in [-0.3, -0.25) is 0 Å². The van der Waals surface area contributed by atoms with Gasteiger partial charge in [0.2, 0.25) is 0 Å². The number of nitrogens with zero attached hydrogens (tertiary/aromatic N) is 2. The molecule has 6 heteroatoms. The topological polar surface area (TPSA) is 34.5 Å². The highest BCUT2D eigenvalue weighted by molar-refractivity contribution is 7.66. The minimum atomic E-state index is 0.464. The predicted molar refractivity (Wildman–Crippen MR) is 72.5 cm³/mol. The largest absolute Gasteiger partial charge is 0.494 e. The Hall–Kier alpha value is -0.910. The Morgan fingerprint density at radius 3 is 2.71 bits per heavy atom. The lowest BCUT2D eigenvalue weighted by molar-refractivity contribution is 0.317. The van der Waals surface area contributed by atoms with Crippen LogP contribution >= 0.6 is 32.5 Å². The van der Waals surface area contributed by atoms with Gasteiger partial charge in [0.05, 0.1) is 12.3 Å². The third-order valence-corrected chi connectivity index (χ3v) is 4.12. The summed E-state index contributed by atoms with van der Waals surface area (Å²) in [5.41, 5.74) is 0.854. The zero-order valence-corrected chi connectivity index (χ0v) is 11.6. The molecule has 0 bridgehead atoms. The number of halogens is 1. The van der Waals surface area contributed by atoms with Crippen LogP contribution in [-0.2, 0) is 0 Å². The number of benzene rings is 1. The third kappa shape index (κ3) is 3.52. The van der Waals surface area contributed by atoms with Crippen LogP contribution in [0, 0.1) is 0 Å². The summed E-state index contributed by atoms with van der Waals surface area (Å²) < 4.78 is 10.2. The molecule has 17 heavy (non-hydrogen) atoms. The molecule has 0 aliphatic heterocycles. The maximum absolute atomic E-state index is 5.88. The Morgan fingerprint density at radius 1 is 1.35 bits per heavy atom. The van der Waals surface area contributed by atoms with Crippen LogP contribution in [0.25, 0.3) is 0 Å². The molecule has 0 radical (unpaired) electrons. The SMILES string of the molecule is CCCOc1ccc(N=c2ssnc2Cl)cc1. The summed E-state index contributed by atoms with van der Waals surface area (Å²) in [6.07, 6.45) is 1.00. The van der Waals surface area contributed by atoms with Crippen molar-refractivity contribution >= 4 is 38.2 Å². The van der Waals surface area contributed by atoms with Crippen molar-refractivity contribution in [2.75, 3.05) is 6.61 Å². The molecule has 90 valence electrons. The first-order valence-corrected chi connectivity index (χ1v) is 7.67. The fourth-order valence-electron chi connectivity index (χ4n) is 1.18. The first kappa shape index (κ1) is 12.5. The van der Waals surface area contributed by atoms with Crippen LogP contribution in [0.2, 0.25) is 5.15 Å². The number of hydrogen-bond acceptors (Lipinski definition) is 5. The molecule has 0 spiro atoms. The molecule has 0 saturated heterocycles. The molecule has 0 amide bonds. The zero-order valence-electron chi connectivity index (χ0n) is 9.22. The van der Waals surface area contributed by atoms with Crippen LogP contribution in [0.4, 0.5) is 5.69 Å². The van der Waals surface area contributed by atoms with Gasteiger partial charge in [0, 0.05) is 10.5 Å². The van der Waals surface area contributed by atoms with Crippen molar-refractivity contribution in [2.45, 2.75) is 13.3 Å². The van der Waals surface area contributed by atoms with E-state index in [9.17, 15) is 0 Å². The average Bonchev–Trinajstić information content (AvgIpc) is 2.74. The summed E-state index contributed by atoms with van der Waals surface area (Å²) in [5, 5.41) is 0.464. The van der Waals surface area contributed by atoms with Crippen LogP contribution < -0.4 is 9.41 Å². The fraction of sp³-hybridized carbons (Fsp3) is 0.273. The highest BCUT2D eigenvalue weighted by Crippen LogP contribution is 2.18. The Kier molecular flexibility index (Phi) is 4.53. The summed E-state index contributed by atoms with van der Waals surface area (Å²) in [7, 11) is 2.80. The van der Waals surface area contributed by atoms with E-state index in [1.807, 2.05) is 24.3 Å². The number of aromatic nitrogens is 1. The number of rotatable bonds is 4. The normalized spacial score (nSPS) is 11.8. The van der Waals surface area contributed by atoms with Crippen LogP contribution in [0.5, 0.6) is 5.75 Å². The molecule has 0 unspecified atom stereocenters. The summed E-state index contributed by atoms with van der Waals surface area (Å²) in [5.74, 6) is 0.865. The van der Waals surface area contributed by atoms with Gasteiger partial charge in [0.1, 0.15) is 5.75 Å². The summed E-state index contributed by atoms with van der Waals surface area (Å²) >= 11 is 5.88. The molecular formula is C11H11ClN2OS2. The number of ether oxygens (including phenoxy) is 1. The Labute approximate surface area is 112 Å². The number of hydrogen-bond donors (Lipinski definition) is 0. The third-order valence-electron chi connectivity index (χ3n) is 1.95. The van der Waals surface area contributed by atoms with Crippen molar-refractivity contribution in [3.05, 3.63) is 34.1 Å². The summed E-state index contributed by atoms with van der Waals surface area (Å²) in [4.78, 5) is 4.40. The van der Waals surface area contributed by atoms with E-state index in [2.05, 4.69) is 16.3 Å². The van der Waals surface area contributed by atoms with Crippen molar-refractivity contribution < 1.29 is 4.74 Å². The second kappa shape index (κ2) is 6.14. The molecule has 0 fully saturated rings. The molecule has 0 aliphatic carbocycles. The van der Waals surface area contributed by atoms with E-state index in [0.717, 1.165) is 29.1 Å². The highest BCUT2D eigenvalue weighted by atomic mass is 35.5. The van der Waals surface area contributed by atoms with Crippen molar-refractivity contribution in [1.82, 2.24) is 4.37 Å². The lowest BCUT2D eigenvalue weighted by Gasteiger charge is -2.03. The predicted octanol–water partition coefficient (Wildman–Crippen LogP) is 3.88. The fourth-order valence-corrected chi connectivity index (χ4v) is 3.17. The van der Waals surface area contributed by atoms with Gasteiger partial charge in [-0.15, -0.1) is 0 Å².